The molecule has 3 aromatic carbocycles. The van der Waals surface area contributed by atoms with Crippen molar-refractivity contribution in [2.75, 3.05) is 6.54 Å². The highest BCUT2D eigenvalue weighted by atomic mass is 16.4. The fraction of sp³-hybridized carbons (Fsp3) is 0.278. The zero-order chi connectivity index (χ0) is 32.8. The van der Waals surface area contributed by atoms with E-state index in [1.54, 1.807) is 12.4 Å². The number of rotatable bonds is 13. The molecule has 3 heterocycles. The summed E-state index contributed by atoms with van der Waals surface area (Å²) in [7, 11) is 0. The predicted molar refractivity (Wildman–Crippen MR) is 179 cm³/mol. The molecular formula is C36H38N6O5. The van der Waals surface area contributed by atoms with Gasteiger partial charge in [-0.3, -0.25) is 14.4 Å². The van der Waals surface area contributed by atoms with Gasteiger partial charge in [0.2, 0.25) is 17.7 Å². The highest BCUT2D eigenvalue weighted by molar-refractivity contribution is 5.95. The summed E-state index contributed by atoms with van der Waals surface area (Å²) in [5.74, 6) is -2.65. The molecule has 1 fully saturated rings. The van der Waals surface area contributed by atoms with Gasteiger partial charge in [-0.1, -0.05) is 66.7 Å². The third kappa shape index (κ3) is 7.53. The SMILES string of the molecule is O=C(O)C(Cc1c[nH]c2ccccc12)NC(=O)C(Cc1c[nH]c2ccccc12)NC(=O)C(Cc1ccccc1)NC(=O)C1CCCN1. The number of fused-ring (bicyclic) bond motifs is 2. The molecule has 6 rings (SSSR count). The van der Waals surface area contributed by atoms with E-state index in [9.17, 15) is 24.3 Å². The van der Waals surface area contributed by atoms with Crippen LogP contribution in [-0.4, -0.2) is 69.5 Å². The molecule has 3 amide bonds. The quantitative estimate of drug-likeness (QED) is 0.105. The standard InChI is InChI=1S/C36H38N6O5/c43-33(29-15-8-16-37-29)40-30(17-22-9-2-1-3-10-22)34(44)41-31(18-23-20-38-27-13-6-4-11-25(23)27)35(45)42-32(36(46)47)19-24-21-39-28-14-7-5-12-26(24)28/h1-7,9-14,20-21,29-32,37-39H,8,15-19H2,(H,40,43)(H,41,44)(H,42,45)(H,46,47). The molecule has 7 N–H and O–H groups in total. The molecule has 11 heteroatoms. The molecule has 4 unspecified atom stereocenters. The average molecular weight is 635 g/mol. The highest BCUT2D eigenvalue weighted by Crippen LogP contribution is 2.21. The van der Waals surface area contributed by atoms with Gasteiger partial charge in [0.1, 0.15) is 18.1 Å². The van der Waals surface area contributed by atoms with Crippen molar-refractivity contribution in [2.45, 2.75) is 56.3 Å². The normalized spacial score (nSPS) is 16.4. The Hall–Kier alpha value is -5.42. The summed E-state index contributed by atoms with van der Waals surface area (Å²) in [4.78, 5) is 59.8. The molecule has 0 aliphatic carbocycles. The average Bonchev–Trinajstić information content (AvgIpc) is 3.85. The minimum absolute atomic E-state index is 0.0416. The number of aliphatic carboxylic acids is 1. The second-order valence-corrected chi connectivity index (χ2v) is 12.0. The molecule has 242 valence electrons. The first-order valence-corrected chi connectivity index (χ1v) is 15.9. The Morgan fingerprint density at radius 2 is 1.21 bits per heavy atom. The van der Waals surface area contributed by atoms with Gasteiger partial charge in [-0.15, -0.1) is 0 Å². The van der Waals surface area contributed by atoms with Crippen molar-refractivity contribution >= 4 is 45.5 Å². The van der Waals surface area contributed by atoms with Crippen molar-refractivity contribution in [1.29, 1.82) is 0 Å². The smallest absolute Gasteiger partial charge is 0.326 e. The Morgan fingerprint density at radius 3 is 1.79 bits per heavy atom. The van der Waals surface area contributed by atoms with Gasteiger partial charge >= 0.3 is 5.97 Å². The van der Waals surface area contributed by atoms with Crippen LogP contribution in [0, 0.1) is 0 Å². The highest BCUT2D eigenvalue weighted by Gasteiger charge is 2.32. The largest absolute Gasteiger partial charge is 0.480 e. The third-order valence-corrected chi connectivity index (χ3v) is 8.74. The first-order valence-electron chi connectivity index (χ1n) is 15.9. The van der Waals surface area contributed by atoms with Crippen LogP contribution in [0.3, 0.4) is 0 Å². The fourth-order valence-corrected chi connectivity index (χ4v) is 6.23. The van der Waals surface area contributed by atoms with Gasteiger partial charge in [-0.25, -0.2) is 4.79 Å². The van der Waals surface area contributed by atoms with Crippen LogP contribution in [0.25, 0.3) is 21.8 Å². The first-order chi connectivity index (χ1) is 22.9. The van der Waals surface area contributed by atoms with E-state index in [1.807, 2.05) is 78.9 Å². The zero-order valence-corrected chi connectivity index (χ0v) is 25.8. The summed E-state index contributed by atoms with van der Waals surface area (Å²) in [6.07, 6.45) is 5.41. The molecule has 0 radical (unpaired) electrons. The number of carbonyl (C=O) groups excluding carboxylic acids is 3. The van der Waals surface area contributed by atoms with E-state index in [1.165, 1.54) is 0 Å². The molecule has 2 aromatic heterocycles. The van der Waals surface area contributed by atoms with Crippen molar-refractivity contribution in [3.8, 4) is 0 Å². The molecule has 11 nitrogen and oxygen atoms in total. The lowest BCUT2D eigenvalue weighted by Gasteiger charge is -2.25. The Balaban J connectivity index is 1.26. The van der Waals surface area contributed by atoms with Crippen LogP contribution in [0.1, 0.15) is 29.5 Å². The number of amides is 3. The lowest BCUT2D eigenvalue weighted by atomic mass is 10.0. The number of hydrogen-bond donors (Lipinski definition) is 7. The van der Waals surface area contributed by atoms with Crippen molar-refractivity contribution < 1.29 is 24.3 Å². The molecule has 0 spiro atoms. The Kier molecular flexibility index (Phi) is 9.63. The zero-order valence-electron chi connectivity index (χ0n) is 25.8. The Labute approximate surface area is 271 Å². The van der Waals surface area contributed by atoms with Crippen molar-refractivity contribution in [3.63, 3.8) is 0 Å². The number of H-pyrrole nitrogens is 2. The number of carboxylic acids is 1. The number of para-hydroxylation sites is 2. The second kappa shape index (κ2) is 14.3. The van der Waals surface area contributed by atoms with Gasteiger partial charge < -0.3 is 36.3 Å². The van der Waals surface area contributed by atoms with Crippen LogP contribution >= 0.6 is 0 Å². The van der Waals surface area contributed by atoms with E-state index in [4.69, 9.17) is 0 Å². The van der Waals surface area contributed by atoms with E-state index in [0.717, 1.165) is 51.5 Å². The van der Waals surface area contributed by atoms with Gasteiger partial charge in [0.25, 0.3) is 0 Å². The van der Waals surface area contributed by atoms with Crippen LogP contribution in [-0.2, 0) is 38.4 Å². The molecule has 5 aromatic rings. The molecule has 0 saturated carbocycles. The Bertz CT molecular complexity index is 1880. The fourth-order valence-electron chi connectivity index (χ4n) is 6.23. The molecule has 47 heavy (non-hydrogen) atoms. The first kappa shape index (κ1) is 31.6. The lowest BCUT2D eigenvalue weighted by molar-refractivity contribution is -0.142. The second-order valence-electron chi connectivity index (χ2n) is 12.0. The molecule has 1 saturated heterocycles. The maximum atomic E-state index is 14.0. The summed E-state index contributed by atoms with van der Waals surface area (Å²) >= 11 is 0. The van der Waals surface area contributed by atoms with E-state index >= 15 is 0 Å². The minimum Gasteiger partial charge on any atom is -0.480 e. The summed E-state index contributed by atoms with van der Waals surface area (Å²) in [6.45, 7) is 0.726. The van der Waals surface area contributed by atoms with Crippen molar-refractivity contribution in [2.24, 2.45) is 0 Å². The molecule has 4 atom stereocenters. The summed E-state index contributed by atoms with van der Waals surface area (Å²) in [5, 5.41) is 23.5. The van der Waals surface area contributed by atoms with E-state index in [0.29, 0.717) is 6.42 Å². The van der Waals surface area contributed by atoms with Gasteiger partial charge in [0.15, 0.2) is 0 Å². The number of carboxylic acid groups (broad SMARTS) is 1. The van der Waals surface area contributed by atoms with Gasteiger partial charge in [0.05, 0.1) is 6.04 Å². The monoisotopic (exact) mass is 634 g/mol. The van der Waals surface area contributed by atoms with Crippen molar-refractivity contribution in [1.82, 2.24) is 31.2 Å². The number of aromatic nitrogens is 2. The Morgan fingerprint density at radius 1 is 0.681 bits per heavy atom. The number of nitrogens with one attached hydrogen (secondary N) is 6. The lowest BCUT2D eigenvalue weighted by Crippen LogP contribution is -2.58. The number of aromatic amines is 2. The summed E-state index contributed by atoms with van der Waals surface area (Å²) in [5.41, 5.74) is 4.10. The topological polar surface area (TPSA) is 168 Å². The predicted octanol–water partition coefficient (Wildman–Crippen LogP) is 2.97. The number of carbonyl (C=O) groups is 4. The molecule has 1 aliphatic rings. The summed E-state index contributed by atoms with van der Waals surface area (Å²) < 4.78 is 0. The molecule has 1 aliphatic heterocycles. The van der Waals surface area contributed by atoms with Gasteiger partial charge in [-0.05, 0) is 48.2 Å². The maximum absolute atomic E-state index is 14.0. The van der Waals surface area contributed by atoms with Crippen LogP contribution in [0.4, 0.5) is 0 Å². The van der Waals surface area contributed by atoms with Crippen LogP contribution < -0.4 is 21.3 Å². The van der Waals surface area contributed by atoms with Crippen molar-refractivity contribution in [3.05, 3.63) is 108 Å². The molecule has 0 bridgehead atoms. The number of benzene rings is 3. The van der Waals surface area contributed by atoms with Crippen LogP contribution in [0.15, 0.2) is 91.3 Å². The van der Waals surface area contributed by atoms with E-state index < -0.39 is 42.0 Å². The van der Waals surface area contributed by atoms with E-state index in [2.05, 4.69) is 31.2 Å². The minimum atomic E-state index is -1.25. The third-order valence-electron chi connectivity index (χ3n) is 8.74. The summed E-state index contributed by atoms with van der Waals surface area (Å²) in [6, 6.07) is 20.7. The molecular weight excluding hydrogens is 596 g/mol. The van der Waals surface area contributed by atoms with Crippen LogP contribution in [0.5, 0.6) is 0 Å². The van der Waals surface area contributed by atoms with Gasteiger partial charge in [0, 0.05) is 53.5 Å². The van der Waals surface area contributed by atoms with Gasteiger partial charge in [-0.2, -0.15) is 0 Å². The number of hydrogen-bond acceptors (Lipinski definition) is 5. The maximum Gasteiger partial charge on any atom is 0.326 e. The van der Waals surface area contributed by atoms with E-state index in [-0.39, 0.29) is 25.2 Å². The van der Waals surface area contributed by atoms with Crippen LogP contribution in [0.2, 0.25) is 0 Å².